The third-order valence-electron chi connectivity index (χ3n) is 2.92. The summed E-state index contributed by atoms with van der Waals surface area (Å²) in [5.74, 6) is -0.0582. The smallest absolute Gasteiger partial charge is 0.234 e. The van der Waals surface area contributed by atoms with Gasteiger partial charge in [-0.2, -0.15) is 0 Å². The van der Waals surface area contributed by atoms with Crippen LogP contribution in [0.4, 0.5) is 0 Å². The van der Waals surface area contributed by atoms with Gasteiger partial charge in [-0.3, -0.25) is 4.79 Å². The summed E-state index contributed by atoms with van der Waals surface area (Å²) in [5.41, 5.74) is 5.19. The van der Waals surface area contributed by atoms with E-state index >= 15 is 0 Å². The molecule has 0 rings (SSSR count). The SMILES string of the molecule is CCC(NCC(O)C(CC)CC)C(N)=O. The van der Waals surface area contributed by atoms with Crippen molar-refractivity contribution in [2.75, 3.05) is 6.54 Å². The molecule has 2 atom stereocenters. The van der Waals surface area contributed by atoms with Crippen LogP contribution in [-0.2, 0) is 4.79 Å². The number of carbonyl (C=O) groups excluding carboxylic acids is 1. The molecule has 0 aromatic carbocycles. The Hall–Kier alpha value is -0.610. The minimum absolute atomic E-state index is 0.294. The first-order chi connectivity index (χ1) is 7.06. The van der Waals surface area contributed by atoms with Gasteiger partial charge < -0.3 is 16.2 Å². The summed E-state index contributed by atoms with van der Waals surface area (Å²) in [4.78, 5) is 10.9. The second kappa shape index (κ2) is 7.65. The molecule has 4 nitrogen and oxygen atoms in total. The number of aliphatic hydroxyl groups excluding tert-OH is 1. The number of nitrogens with one attached hydrogen (secondary N) is 1. The second-order valence-electron chi connectivity index (χ2n) is 3.92. The zero-order valence-electron chi connectivity index (χ0n) is 9.99. The lowest BCUT2D eigenvalue weighted by Gasteiger charge is -2.22. The van der Waals surface area contributed by atoms with Crippen molar-refractivity contribution in [2.45, 2.75) is 52.2 Å². The molecule has 0 aliphatic rings. The quantitative estimate of drug-likeness (QED) is 0.557. The zero-order chi connectivity index (χ0) is 11.8. The Morgan fingerprint density at radius 3 is 2.13 bits per heavy atom. The van der Waals surface area contributed by atoms with Crippen molar-refractivity contribution in [2.24, 2.45) is 11.7 Å². The number of amides is 1. The standard InChI is InChI=1S/C11H24N2O2/c1-4-8(5-2)10(14)7-13-9(6-3)11(12)15/h8-10,13-14H,4-7H2,1-3H3,(H2,12,15). The van der Waals surface area contributed by atoms with Crippen LogP contribution in [0.2, 0.25) is 0 Å². The first kappa shape index (κ1) is 14.4. The highest BCUT2D eigenvalue weighted by Crippen LogP contribution is 2.12. The van der Waals surface area contributed by atoms with E-state index in [9.17, 15) is 9.90 Å². The summed E-state index contributed by atoms with van der Waals surface area (Å²) in [6.45, 7) is 6.45. The Morgan fingerprint density at radius 2 is 1.80 bits per heavy atom. The minimum Gasteiger partial charge on any atom is -0.392 e. The van der Waals surface area contributed by atoms with Crippen molar-refractivity contribution < 1.29 is 9.90 Å². The zero-order valence-corrected chi connectivity index (χ0v) is 9.99. The van der Waals surface area contributed by atoms with E-state index < -0.39 is 6.10 Å². The molecule has 2 unspecified atom stereocenters. The van der Waals surface area contributed by atoms with Crippen LogP contribution in [-0.4, -0.2) is 29.7 Å². The van der Waals surface area contributed by atoms with Crippen LogP contribution in [0, 0.1) is 5.92 Å². The van der Waals surface area contributed by atoms with E-state index in [1.165, 1.54) is 0 Å². The highest BCUT2D eigenvalue weighted by atomic mass is 16.3. The Morgan fingerprint density at radius 1 is 1.27 bits per heavy atom. The Bertz CT molecular complexity index is 181. The molecule has 1 amide bonds. The summed E-state index contributed by atoms with van der Waals surface area (Å²) >= 11 is 0. The largest absolute Gasteiger partial charge is 0.392 e. The average molecular weight is 216 g/mol. The van der Waals surface area contributed by atoms with E-state index in [2.05, 4.69) is 19.2 Å². The molecule has 0 aliphatic heterocycles. The topological polar surface area (TPSA) is 75.3 Å². The van der Waals surface area contributed by atoms with E-state index in [4.69, 9.17) is 5.73 Å². The van der Waals surface area contributed by atoms with Gasteiger partial charge in [0.2, 0.25) is 5.91 Å². The fraction of sp³-hybridized carbons (Fsp3) is 0.909. The number of hydrogen-bond acceptors (Lipinski definition) is 3. The molecule has 4 heteroatoms. The second-order valence-corrected chi connectivity index (χ2v) is 3.92. The van der Waals surface area contributed by atoms with Gasteiger partial charge in [0.05, 0.1) is 12.1 Å². The lowest BCUT2D eigenvalue weighted by atomic mass is 9.96. The molecule has 0 aromatic rings. The molecule has 0 radical (unpaired) electrons. The molecule has 0 bridgehead atoms. The van der Waals surface area contributed by atoms with Crippen molar-refractivity contribution in [3.05, 3.63) is 0 Å². The maximum atomic E-state index is 10.9. The third-order valence-corrected chi connectivity index (χ3v) is 2.92. The molecule has 0 aliphatic carbocycles. The predicted octanol–water partition coefficient (Wildman–Crippen LogP) is 0.637. The lowest BCUT2D eigenvalue weighted by Crippen LogP contribution is -2.45. The number of hydrogen-bond donors (Lipinski definition) is 3. The van der Waals surface area contributed by atoms with E-state index in [-0.39, 0.29) is 11.9 Å². The van der Waals surface area contributed by atoms with Gasteiger partial charge in [0.15, 0.2) is 0 Å². The van der Waals surface area contributed by atoms with Gasteiger partial charge in [0.25, 0.3) is 0 Å². The Balaban J connectivity index is 3.96. The van der Waals surface area contributed by atoms with Crippen molar-refractivity contribution in [1.29, 1.82) is 0 Å². The van der Waals surface area contributed by atoms with E-state index in [1.54, 1.807) is 0 Å². The van der Waals surface area contributed by atoms with E-state index in [1.807, 2.05) is 6.92 Å². The van der Waals surface area contributed by atoms with Crippen LogP contribution in [0.1, 0.15) is 40.0 Å². The molecular weight excluding hydrogens is 192 g/mol. The lowest BCUT2D eigenvalue weighted by molar-refractivity contribution is -0.120. The minimum atomic E-state index is -0.395. The van der Waals surface area contributed by atoms with Crippen molar-refractivity contribution >= 4 is 5.91 Å². The maximum absolute atomic E-state index is 10.9. The normalized spacial score (nSPS) is 15.3. The molecule has 0 saturated carbocycles. The number of nitrogens with two attached hydrogens (primary N) is 1. The van der Waals surface area contributed by atoms with Crippen LogP contribution < -0.4 is 11.1 Å². The summed E-state index contributed by atoms with van der Waals surface area (Å²) in [6.07, 6.45) is 2.16. The molecular formula is C11H24N2O2. The van der Waals surface area contributed by atoms with Gasteiger partial charge in [-0.1, -0.05) is 33.6 Å². The van der Waals surface area contributed by atoms with Crippen LogP contribution in [0.5, 0.6) is 0 Å². The average Bonchev–Trinajstić information content (AvgIpc) is 2.20. The molecule has 4 N–H and O–H groups in total. The number of aliphatic hydroxyl groups is 1. The molecule has 90 valence electrons. The molecule has 0 spiro atoms. The first-order valence-electron chi connectivity index (χ1n) is 5.77. The van der Waals surface area contributed by atoms with Gasteiger partial charge >= 0.3 is 0 Å². The van der Waals surface area contributed by atoms with Crippen LogP contribution in [0.25, 0.3) is 0 Å². The van der Waals surface area contributed by atoms with Gasteiger partial charge in [0, 0.05) is 6.54 Å². The van der Waals surface area contributed by atoms with E-state index in [0.717, 1.165) is 12.8 Å². The van der Waals surface area contributed by atoms with Crippen LogP contribution >= 0.6 is 0 Å². The molecule has 0 saturated heterocycles. The highest BCUT2D eigenvalue weighted by molar-refractivity contribution is 5.79. The van der Waals surface area contributed by atoms with Crippen molar-refractivity contribution in [3.63, 3.8) is 0 Å². The van der Waals surface area contributed by atoms with Gasteiger partial charge in [-0.25, -0.2) is 0 Å². The van der Waals surface area contributed by atoms with E-state index in [0.29, 0.717) is 18.9 Å². The molecule has 0 fully saturated rings. The molecule has 0 heterocycles. The summed E-state index contributed by atoms with van der Waals surface area (Å²) < 4.78 is 0. The fourth-order valence-corrected chi connectivity index (χ4v) is 1.71. The van der Waals surface area contributed by atoms with Crippen molar-refractivity contribution in [3.8, 4) is 0 Å². The first-order valence-corrected chi connectivity index (χ1v) is 5.77. The number of carbonyl (C=O) groups is 1. The fourth-order valence-electron chi connectivity index (χ4n) is 1.71. The maximum Gasteiger partial charge on any atom is 0.234 e. The summed E-state index contributed by atoms with van der Waals surface area (Å²) in [5, 5.41) is 12.8. The Kier molecular flexibility index (Phi) is 7.34. The number of rotatable bonds is 8. The van der Waals surface area contributed by atoms with Gasteiger partial charge in [0.1, 0.15) is 0 Å². The Labute approximate surface area is 92.2 Å². The summed E-state index contributed by atoms with van der Waals surface area (Å²) in [6, 6.07) is -0.325. The van der Waals surface area contributed by atoms with Gasteiger partial charge in [-0.05, 0) is 12.3 Å². The molecule has 15 heavy (non-hydrogen) atoms. The summed E-state index contributed by atoms with van der Waals surface area (Å²) in [7, 11) is 0. The highest BCUT2D eigenvalue weighted by Gasteiger charge is 2.18. The van der Waals surface area contributed by atoms with Gasteiger partial charge in [-0.15, -0.1) is 0 Å². The van der Waals surface area contributed by atoms with Crippen molar-refractivity contribution in [1.82, 2.24) is 5.32 Å². The number of primary amides is 1. The van der Waals surface area contributed by atoms with Crippen LogP contribution in [0.15, 0.2) is 0 Å². The van der Waals surface area contributed by atoms with Crippen LogP contribution in [0.3, 0.4) is 0 Å². The monoisotopic (exact) mass is 216 g/mol. The third kappa shape index (κ3) is 5.14. The molecule has 0 aromatic heterocycles. The predicted molar refractivity (Wildman–Crippen MR) is 61.4 cm³/mol.